The van der Waals surface area contributed by atoms with Gasteiger partial charge in [-0.05, 0) is 64.5 Å². The summed E-state index contributed by atoms with van der Waals surface area (Å²) in [5.41, 5.74) is 1.82. The van der Waals surface area contributed by atoms with Crippen LogP contribution < -0.4 is 0 Å². The Balaban J connectivity index is 1.39. The van der Waals surface area contributed by atoms with Gasteiger partial charge >= 0.3 is 0 Å². The van der Waals surface area contributed by atoms with Gasteiger partial charge in [-0.25, -0.2) is 0 Å². The molecule has 0 radical (unpaired) electrons. The standard InChI is InChI=1S/C25H16ClNO3S/c26-19-10-8-17(9-11-19)22-13-12-20(30-22)14-23-24(28)27(25(29)31-23)15-18-6-3-5-16-4-1-2-7-21(16)18/h1-14H,15H2/b23-14-. The molecule has 0 atom stereocenters. The lowest BCUT2D eigenvalue weighted by molar-refractivity contribution is -0.123. The van der Waals surface area contributed by atoms with E-state index in [0.717, 1.165) is 33.7 Å². The average molecular weight is 446 g/mol. The lowest BCUT2D eigenvalue weighted by Gasteiger charge is -2.14. The van der Waals surface area contributed by atoms with Crippen LogP contribution in [0.1, 0.15) is 11.3 Å². The molecule has 2 heterocycles. The van der Waals surface area contributed by atoms with Crippen molar-refractivity contribution in [3.05, 3.63) is 100 Å². The molecule has 0 aliphatic carbocycles. The Bertz CT molecular complexity index is 1340. The smallest absolute Gasteiger partial charge is 0.293 e. The van der Waals surface area contributed by atoms with Crippen molar-refractivity contribution in [2.45, 2.75) is 6.54 Å². The van der Waals surface area contributed by atoms with Crippen LogP contribution in [0.5, 0.6) is 0 Å². The second-order valence-electron chi connectivity index (χ2n) is 7.12. The number of carbonyl (C=O) groups excluding carboxylic acids is 2. The van der Waals surface area contributed by atoms with Gasteiger partial charge in [0, 0.05) is 16.7 Å². The van der Waals surface area contributed by atoms with E-state index in [0.29, 0.717) is 21.4 Å². The molecule has 0 unspecified atom stereocenters. The SMILES string of the molecule is O=C1S/C(=C\c2ccc(-c3ccc(Cl)cc3)o2)C(=O)N1Cc1cccc2ccccc12. The minimum Gasteiger partial charge on any atom is -0.457 e. The second kappa shape index (κ2) is 8.10. The summed E-state index contributed by atoms with van der Waals surface area (Å²) in [5, 5.41) is 2.48. The molecule has 1 aliphatic heterocycles. The van der Waals surface area contributed by atoms with Crippen molar-refractivity contribution in [1.82, 2.24) is 4.90 Å². The number of carbonyl (C=O) groups is 2. The largest absolute Gasteiger partial charge is 0.457 e. The van der Waals surface area contributed by atoms with Crippen molar-refractivity contribution in [3.63, 3.8) is 0 Å². The summed E-state index contributed by atoms with van der Waals surface area (Å²) in [6.07, 6.45) is 1.62. The number of fused-ring (bicyclic) bond motifs is 1. The van der Waals surface area contributed by atoms with Crippen LogP contribution in [0.25, 0.3) is 28.2 Å². The number of amides is 2. The fourth-order valence-corrected chi connectivity index (χ4v) is 4.51. The molecule has 5 rings (SSSR count). The van der Waals surface area contributed by atoms with Crippen LogP contribution in [-0.4, -0.2) is 16.0 Å². The molecule has 0 bridgehead atoms. The van der Waals surface area contributed by atoms with E-state index in [9.17, 15) is 9.59 Å². The molecule has 1 saturated heterocycles. The first-order chi connectivity index (χ1) is 15.1. The fourth-order valence-electron chi connectivity index (χ4n) is 3.57. The number of thioether (sulfide) groups is 1. The first-order valence-corrected chi connectivity index (χ1v) is 10.9. The molecule has 2 amide bonds. The number of nitrogens with zero attached hydrogens (tertiary/aromatic N) is 1. The third-order valence-electron chi connectivity index (χ3n) is 5.11. The minimum absolute atomic E-state index is 0.234. The fraction of sp³-hybridized carbons (Fsp3) is 0.0400. The predicted octanol–water partition coefficient (Wildman–Crippen LogP) is 6.99. The first kappa shape index (κ1) is 19.7. The van der Waals surface area contributed by atoms with Crippen molar-refractivity contribution in [1.29, 1.82) is 0 Å². The molecule has 1 aliphatic rings. The molecule has 6 heteroatoms. The van der Waals surface area contributed by atoms with E-state index < -0.39 is 0 Å². The van der Waals surface area contributed by atoms with Gasteiger partial charge in [-0.15, -0.1) is 0 Å². The van der Waals surface area contributed by atoms with Crippen molar-refractivity contribution in [3.8, 4) is 11.3 Å². The quantitative estimate of drug-likeness (QED) is 0.317. The highest BCUT2D eigenvalue weighted by Crippen LogP contribution is 2.35. The van der Waals surface area contributed by atoms with Gasteiger partial charge in [-0.1, -0.05) is 54.1 Å². The Labute approximate surface area is 188 Å². The van der Waals surface area contributed by atoms with E-state index in [1.165, 1.54) is 4.90 Å². The Morgan fingerprint density at radius 2 is 1.68 bits per heavy atom. The van der Waals surface area contributed by atoms with Crippen LogP contribution in [-0.2, 0) is 11.3 Å². The number of halogens is 1. The molecule has 1 aromatic heterocycles. The average Bonchev–Trinajstić information content (AvgIpc) is 3.35. The van der Waals surface area contributed by atoms with Crippen molar-refractivity contribution >= 4 is 51.4 Å². The third kappa shape index (κ3) is 3.90. The van der Waals surface area contributed by atoms with E-state index in [1.54, 1.807) is 24.3 Å². The van der Waals surface area contributed by atoms with Gasteiger partial charge in [0.25, 0.3) is 11.1 Å². The summed E-state index contributed by atoms with van der Waals surface area (Å²) >= 11 is 6.86. The van der Waals surface area contributed by atoms with E-state index in [1.807, 2.05) is 60.7 Å². The van der Waals surface area contributed by atoms with Crippen LogP contribution >= 0.6 is 23.4 Å². The number of hydrogen-bond acceptors (Lipinski definition) is 4. The van der Waals surface area contributed by atoms with Crippen LogP contribution in [0.3, 0.4) is 0 Å². The Morgan fingerprint density at radius 1 is 0.903 bits per heavy atom. The van der Waals surface area contributed by atoms with E-state index in [2.05, 4.69) is 0 Å². The van der Waals surface area contributed by atoms with Crippen molar-refractivity contribution in [2.24, 2.45) is 0 Å². The number of hydrogen-bond donors (Lipinski definition) is 0. The number of imide groups is 1. The van der Waals surface area contributed by atoms with Gasteiger partial charge in [0.1, 0.15) is 11.5 Å². The predicted molar refractivity (Wildman–Crippen MR) is 125 cm³/mol. The van der Waals surface area contributed by atoms with Crippen LogP contribution in [0.15, 0.2) is 88.2 Å². The van der Waals surface area contributed by atoms with Gasteiger partial charge in [0.05, 0.1) is 11.4 Å². The normalized spacial score (nSPS) is 15.4. The maximum Gasteiger partial charge on any atom is 0.293 e. The monoisotopic (exact) mass is 445 g/mol. The maximum atomic E-state index is 12.9. The van der Waals surface area contributed by atoms with E-state index in [4.69, 9.17) is 16.0 Å². The van der Waals surface area contributed by atoms with Gasteiger partial charge in [0.2, 0.25) is 0 Å². The third-order valence-corrected chi connectivity index (χ3v) is 6.27. The van der Waals surface area contributed by atoms with Gasteiger partial charge in [0.15, 0.2) is 0 Å². The summed E-state index contributed by atoms with van der Waals surface area (Å²) in [5.74, 6) is 0.867. The molecule has 0 N–H and O–H groups in total. The first-order valence-electron chi connectivity index (χ1n) is 9.66. The van der Waals surface area contributed by atoms with Gasteiger partial charge in [-0.2, -0.15) is 0 Å². The number of rotatable bonds is 4. The number of benzene rings is 3. The molecular formula is C25H16ClNO3S. The topological polar surface area (TPSA) is 50.5 Å². The summed E-state index contributed by atoms with van der Waals surface area (Å²) in [7, 11) is 0. The molecule has 31 heavy (non-hydrogen) atoms. The summed E-state index contributed by atoms with van der Waals surface area (Å²) < 4.78 is 5.85. The molecule has 0 spiro atoms. The minimum atomic E-state index is -0.313. The molecule has 1 fully saturated rings. The molecule has 3 aromatic carbocycles. The highest BCUT2D eigenvalue weighted by atomic mass is 35.5. The van der Waals surface area contributed by atoms with E-state index in [-0.39, 0.29) is 17.7 Å². The van der Waals surface area contributed by atoms with Crippen molar-refractivity contribution < 1.29 is 14.0 Å². The van der Waals surface area contributed by atoms with Gasteiger partial charge in [-0.3, -0.25) is 14.5 Å². The maximum absolute atomic E-state index is 12.9. The highest BCUT2D eigenvalue weighted by Gasteiger charge is 2.35. The molecule has 4 nitrogen and oxygen atoms in total. The van der Waals surface area contributed by atoms with E-state index >= 15 is 0 Å². The molecule has 0 saturated carbocycles. The molecular weight excluding hydrogens is 430 g/mol. The van der Waals surface area contributed by atoms with Crippen LogP contribution in [0.2, 0.25) is 5.02 Å². The number of furan rings is 1. The summed E-state index contributed by atoms with van der Waals surface area (Å²) in [4.78, 5) is 27.1. The van der Waals surface area contributed by atoms with Crippen LogP contribution in [0, 0.1) is 0 Å². The summed E-state index contributed by atoms with van der Waals surface area (Å²) in [6, 6.07) is 24.8. The van der Waals surface area contributed by atoms with Crippen LogP contribution in [0.4, 0.5) is 4.79 Å². The molecule has 4 aromatic rings. The Hall–Kier alpha value is -3.28. The summed E-state index contributed by atoms with van der Waals surface area (Å²) in [6.45, 7) is 0.234. The van der Waals surface area contributed by atoms with Crippen molar-refractivity contribution in [2.75, 3.05) is 0 Å². The lowest BCUT2D eigenvalue weighted by atomic mass is 10.0. The Morgan fingerprint density at radius 3 is 2.52 bits per heavy atom. The highest BCUT2D eigenvalue weighted by molar-refractivity contribution is 8.18. The zero-order valence-electron chi connectivity index (χ0n) is 16.2. The lowest BCUT2D eigenvalue weighted by Crippen LogP contribution is -2.27. The van der Waals surface area contributed by atoms with Gasteiger partial charge < -0.3 is 4.42 Å². The zero-order valence-corrected chi connectivity index (χ0v) is 17.8. The zero-order chi connectivity index (χ0) is 21.4. The molecule has 152 valence electrons. The Kier molecular flexibility index (Phi) is 5.14. The second-order valence-corrected chi connectivity index (χ2v) is 8.54.